The maximum Gasteiger partial charge on any atom is 0.187 e. The number of hydrogen-bond acceptors (Lipinski definition) is 4. The van der Waals surface area contributed by atoms with Gasteiger partial charge in [-0.1, -0.05) is 6.92 Å². The molecule has 98 valence electrons. The van der Waals surface area contributed by atoms with Crippen molar-refractivity contribution in [2.75, 3.05) is 24.6 Å². The van der Waals surface area contributed by atoms with Crippen LogP contribution < -0.4 is 4.90 Å². The van der Waals surface area contributed by atoms with E-state index in [0.29, 0.717) is 35.7 Å². The Labute approximate surface area is 106 Å². The van der Waals surface area contributed by atoms with E-state index in [1.54, 1.807) is 0 Å². The fourth-order valence-electron chi connectivity index (χ4n) is 3.29. The molecule has 2 aliphatic rings. The van der Waals surface area contributed by atoms with E-state index < -0.39 is 0 Å². The molecule has 1 aliphatic heterocycles. The maximum absolute atomic E-state index is 14.2. The van der Waals surface area contributed by atoms with Crippen molar-refractivity contribution in [2.45, 2.75) is 19.8 Å². The van der Waals surface area contributed by atoms with Crippen molar-refractivity contribution in [1.29, 1.82) is 0 Å². The molecule has 2 fully saturated rings. The molecule has 1 saturated carbocycles. The van der Waals surface area contributed by atoms with Crippen molar-refractivity contribution in [3.8, 4) is 0 Å². The smallest absolute Gasteiger partial charge is 0.187 e. The lowest BCUT2D eigenvalue weighted by Gasteiger charge is -2.37. The summed E-state index contributed by atoms with van der Waals surface area (Å²) in [5.41, 5.74) is 0.484. The van der Waals surface area contributed by atoms with Gasteiger partial charge in [0, 0.05) is 19.7 Å². The van der Waals surface area contributed by atoms with E-state index in [4.69, 9.17) is 0 Å². The number of halogens is 1. The minimum Gasteiger partial charge on any atom is -0.396 e. The summed E-state index contributed by atoms with van der Waals surface area (Å²) in [5.74, 6) is 1.67. The van der Waals surface area contributed by atoms with Gasteiger partial charge in [-0.2, -0.15) is 0 Å². The van der Waals surface area contributed by atoms with Gasteiger partial charge in [0.05, 0.1) is 5.69 Å². The lowest BCUT2D eigenvalue weighted by atomic mass is 9.67. The van der Waals surface area contributed by atoms with Gasteiger partial charge in [-0.15, -0.1) is 0 Å². The minimum absolute atomic E-state index is 0.251. The third-order valence-corrected chi connectivity index (χ3v) is 4.41. The first-order valence-electron chi connectivity index (χ1n) is 6.59. The first-order valence-corrected chi connectivity index (χ1v) is 6.59. The SMILES string of the molecule is CCc1ncnc(N2C[C@H]3C[C@H](CO)[C@H]3C2)c1F. The first-order chi connectivity index (χ1) is 8.74. The molecule has 0 radical (unpaired) electrons. The van der Waals surface area contributed by atoms with Crippen molar-refractivity contribution in [1.82, 2.24) is 9.97 Å². The van der Waals surface area contributed by atoms with Crippen LogP contribution in [0.1, 0.15) is 19.0 Å². The van der Waals surface area contributed by atoms with E-state index in [1.165, 1.54) is 6.33 Å². The van der Waals surface area contributed by atoms with Gasteiger partial charge in [0.1, 0.15) is 6.33 Å². The second-order valence-corrected chi connectivity index (χ2v) is 5.32. The van der Waals surface area contributed by atoms with Gasteiger partial charge in [-0.3, -0.25) is 0 Å². The Morgan fingerprint density at radius 3 is 3.00 bits per heavy atom. The average molecular weight is 251 g/mol. The average Bonchev–Trinajstić information content (AvgIpc) is 2.69. The molecule has 1 saturated heterocycles. The van der Waals surface area contributed by atoms with Crippen LogP contribution in [-0.2, 0) is 6.42 Å². The van der Waals surface area contributed by atoms with E-state index in [9.17, 15) is 9.50 Å². The molecule has 1 N–H and O–H groups in total. The molecule has 18 heavy (non-hydrogen) atoms. The molecule has 4 nitrogen and oxygen atoms in total. The monoisotopic (exact) mass is 251 g/mol. The standard InChI is InChI=1S/C13H18FN3O/c1-2-11-12(14)13(16-7-15-11)17-4-8-3-9(6-18)10(8)5-17/h7-10,18H,2-6H2,1H3/t8-,9-,10+/m1/s1. The largest absolute Gasteiger partial charge is 0.396 e. The highest BCUT2D eigenvalue weighted by molar-refractivity contribution is 5.43. The third-order valence-electron chi connectivity index (χ3n) is 4.41. The third kappa shape index (κ3) is 1.68. The summed E-state index contributed by atoms with van der Waals surface area (Å²) in [7, 11) is 0. The second kappa shape index (κ2) is 4.46. The molecule has 1 aliphatic carbocycles. The molecule has 3 rings (SSSR count). The summed E-state index contributed by atoms with van der Waals surface area (Å²) < 4.78 is 14.2. The number of anilines is 1. The topological polar surface area (TPSA) is 49.2 Å². The van der Waals surface area contributed by atoms with E-state index in [1.807, 2.05) is 11.8 Å². The highest BCUT2D eigenvalue weighted by Crippen LogP contribution is 2.46. The second-order valence-electron chi connectivity index (χ2n) is 5.32. The first kappa shape index (κ1) is 11.8. The fourth-order valence-corrected chi connectivity index (χ4v) is 3.29. The van der Waals surface area contributed by atoms with Crippen molar-refractivity contribution in [3.63, 3.8) is 0 Å². The summed E-state index contributed by atoms with van der Waals surface area (Å²) in [6, 6.07) is 0. The molecule has 0 bridgehead atoms. The zero-order valence-electron chi connectivity index (χ0n) is 10.5. The lowest BCUT2D eigenvalue weighted by molar-refractivity contribution is 0.0579. The summed E-state index contributed by atoms with van der Waals surface area (Å²) >= 11 is 0. The van der Waals surface area contributed by atoms with Gasteiger partial charge in [0.15, 0.2) is 11.6 Å². The Hall–Kier alpha value is -1.23. The Balaban J connectivity index is 1.81. The zero-order valence-corrected chi connectivity index (χ0v) is 10.5. The molecule has 3 atom stereocenters. The molecular formula is C13H18FN3O. The maximum atomic E-state index is 14.2. The van der Waals surface area contributed by atoms with Gasteiger partial charge < -0.3 is 10.0 Å². The normalized spacial score (nSPS) is 30.2. The molecule has 1 aromatic heterocycles. The van der Waals surface area contributed by atoms with Crippen LogP contribution in [0.3, 0.4) is 0 Å². The summed E-state index contributed by atoms with van der Waals surface area (Å²) in [6.45, 7) is 3.82. The Morgan fingerprint density at radius 2 is 2.28 bits per heavy atom. The van der Waals surface area contributed by atoms with E-state index >= 15 is 0 Å². The predicted octanol–water partition coefficient (Wildman–Crippen LogP) is 1.24. The molecule has 0 aromatic carbocycles. The number of rotatable bonds is 3. The molecule has 0 unspecified atom stereocenters. The molecule has 0 amide bonds. The van der Waals surface area contributed by atoms with Crippen LogP contribution in [0.5, 0.6) is 0 Å². The van der Waals surface area contributed by atoms with Gasteiger partial charge in [-0.05, 0) is 30.6 Å². The number of aromatic nitrogens is 2. The van der Waals surface area contributed by atoms with Crippen LogP contribution in [0.25, 0.3) is 0 Å². The van der Waals surface area contributed by atoms with Crippen molar-refractivity contribution in [2.24, 2.45) is 17.8 Å². The fraction of sp³-hybridized carbons (Fsp3) is 0.692. The zero-order chi connectivity index (χ0) is 12.7. The molecule has 1 aromatic rings. The van der Waals surface area contributed by atoms with Gasteiger partial charge >= 0.3 is 0 Å². The minimum atomic E-state index is -0.276. The molecule has 0 spiro atoms. The number of nitrogens with zero attached hydrogens (tertiary/aromatic N) is 3. The Bertz CT molecular complexity index is 454. The molecular weight excluding hydrogens is 233 g/mol. The van der Waals surface area contributed by atoms with Crippen LogP contribution >= 0.6 is 0 Å². The van der Waals surface area contributed by atoms with E-state index in [0.717, 1.165) is 19.5 Å². The predicted molar refractivity (Wildman–Crippen MR) is 65.8 cm³/mol. The van der Waals surface area contributed by atoms with Gasteiger partial charge in [0.2, 0.25) is 0 Å². The van der Waals surface area contributed by atoms with Crippen LogP contribution in [0.2, 0.25) is 0 Å². The van der Waals surface area contributed by atoms with Crippen LogP contribution in [-0.4, -0.2) is 34.8 Å². The number of aryl methyl sites for hydroxylation is 1. The van der Waals surface area contributed by atoms with Gasteiger partial charge in [0.25, 0.3) is 0 Å². The highest BCUT2D eigenvalue weighted by atomic mass is 19.1. The van der Waals surface area contributed by atoms with Crippen LogP contribution in [0, 0.1) is 23.6 Å². The number of aliphatic hydroxyl groups is 1. The summed E-state index contributed by atoms with van der Waals surface area (Å²) in [5, 5.41) is 9.21. The van der Waals surface area contributed by atoms with E-state index in [-0.39, 0.29) is 12.4 Å². The van der Waals surface area contributed by atoms with E-state index in [2.05, 4.69) is 9.97 Å². The Kier molecular flexibility index (Phi) is 2.93. The highest BCUT2D eigenvalue weighted by Gasteiger charge is 2.47. The number of hydrogen-bond donors (Lipinski definition) is 1. The quantitative estimate of drug-likeness (QED) is 0.878. The number of fused-ring (bicyclic) bond motifs is 1. The van der Waals surface area contributed by atoms with Crippen LogP contribution in [0.4, 0.5) is 10.2 Å². The molecule has 2 heterocycles. The van der Waals surface area contributed by atoms with Crippen LogP contribution in [0.15, 0.2) is 6.33 Å². The lowest BCUT2D eigenvalue weighted by Crippen LogP contribution is -2.37. The number of aliphatic hydroxyl groups excluding tert-OH is 1. The Morgan fingerprint density at radius 1 is 1.44 bits per heavy atom. The van der Waals surface area contributed by atoms with Gasteiger partial charge in [-0.25, -0.2) is 14.4 Å². The van der Waals surface area contributed by atoms with Crippen molar-refractivity contribution >= 4 is 5.82 Å². The summed E-state index contributed by atoms with van der Waals surface area (Å²) in [4.78, 5) is 10.1. The van der Waals surface area contributed by atoms with Crippen molar-refractivity contribution < 1.29 is 9.50 Å². The molecule has 5 heteroatoms. The summed E-state index contributed by atoms with van der Waals surface area (Å²) in [6.07, 6.45) is 3.09. The van der Waals surface area contributed by atoms with Crippen molar-refractivity contribution in [3.05, 3.63) is 17.8 Å².